The van der Waals surface area contributed by atoms with E-state index in [9.17, 15) is 19.1 Å². The van der Waals surface area contributed by atoms with Crippen LogP contribution in [-0.2, 0) is 4.79 Å². The van der Waals surface area contributed by atoms with E-state index in [-0.39, 0.29) is 12.1 Å². The molecule has 0 bridgehead atoms. The van der Waals surface area contributed by atoms with Crippen molar-refractivity contribution in [2.75, 3.05) is 6.54 Å². The number of carbonyl (C=O) groups is 2. The lowest BCUT2D eigenvalue weighted by Crippen LogP contribution is -2.40. The summed E-state index contributed by atoms with van der Waals surface area (Å²) in [5, 5.41) is 12.5. The number of β-amino-alcohol motifs (C(OH)–C–C–N with tert-alkyl or cyclic N) is 1. The van der Waals surface area contributed by atoms with Crippen LogP contribution in [0.3, 0.4) is 0 Å². The summed E-state index contributed by atoms with van der Waals surface area (Å²) in [5.74, 6) is -1.01. The maximum absolute atomic E-state index is 13.5. The van der Waals surface area contributed by atoms with Gasteiger partial charge in [-0.1, -0.05) is 18.2 Å². The highest BCUT2D eigenvalue weighted by Crippen LogP contribution is 2.22. The molecule has 1 aromatic rings. The summed E-state index contributed by atoms with van der Waals surface area (Å²) in [6.45, 7) is 2.88. The third-order valence-electron chi connectivity index (χ3n) is 3.06. The van der Waals surface area contributed by atoms with Crippen LogP contribution in [0.25, 0.3) is 0 Å². The Morgan fingerprint density at radius 2 is 2.00 bits per heavy atom. The molecule has 19 heavy (non-hydrogen) atoms. The highest BCUT2D eigenvalue weighted by atomic mass is 19.1. The first-order valence-electron chi connectivity index (χ1n) is 5.89. The van der Waals surface area contributed by atoms with Crippen LogP contribution in [0.15, 0.2) is 24.3 Å². The molecule has 1 saturated heterocycles. The van der Waals surface area contributed by atoms with Gasteiger partial charge in [0.2, 0.25) is 0 Å². The Hall–Kier alpha value is -1.95. The number of benzene rings is 1. The van der Waals surface area contributed by atoms with Gasteiger partial charge in [-0.3, -0.25) is 9.69 Å². The van der Waals surface area contributed by atoms with E-state index in [4.69, 9.17) is 0 Å². The second kappa shape index (κ2) is 4.62. The fourth-order valence-corrected chi connectivity index (χ4v) is 2.00. The molecule has 3 amide bonds. The molecule has 5 nitrogen and oxygen atoms in total. The van der Waals surface area contributed by atoms with Gasteiger partial charge in [-0.05, 0) is 19.9 Å². The first-order chi connectivity index (χ1) is 8.83. The molecule has 1 heterocycles. The van der Waals surface area contributed by atoms with Gasteiger partial charge >= 0.3 is 6.03 Å². The van der Waals surface area contributed by atoms with Crippen molar-refractivity contribution in [3.05, 3.63) is 35.6 Å². The first-order valence-corrected chi connectivity index (χ1v) is 5.89. The lowest BCUT2D eigenvalue weighted by atomic mass is 10.1. The van der Waals surface area contributed by atoms with Crippen LogP contribution in [0.4, 0.5) is 9.18 Å². The molecule has 0 aromatic heterocycles. The summed E-state index contributed by atoms with van der Waals surface area (Å²) in [4.78, 5) is 24.5. The Morgan fingerprint density at radius 3 is 2.53 bits per heavy atom. The topological polar surface area (TPSA) is 69.6 Å². The van der Waals surface area contributed by atoms with Crippen LogP contribution < -0.4 is 5.32 Å². The Labute approximate surface area is 110 Å². The molecule has 0 radical (unpaired) electrons. The summed E-state index contributed by atoms with van der Waals surface area (Å²) < 4.78 is 13.5. The molecular formula is C13H15FN2O3. The number of hydrogen-bond acceptors (Lipinski definition) is 3. The molecule has 1 aliphatic heterocycles. The van der Waals surface area contributed by atoms with Gasteiger partial charge in [-0.25, -0.2) is 9.18 Å². The van der Waals surface area contributed by atoms with Crippen molar-refractivity contribution < 1.29 is 19.1 Å². The zero-order chi connectivity index (χ0) is 14.2. The number of urea groups is 1. The van der Waals surface area contributed by atoms with Gasteiger partial charge in [0, 0.05) is 5.56 Å². The average Bonchev–Trinajstić information content (AvgIpc) is 2.52. The lowest BCUT2D eigenvalue weighted by molar-refractivity contribution is -0.131. The van der Waals surface area contributed by atoms with E-state index >= 15 is 0 Å². The molecule has 1 aliphatic rings. The van der Waals surface area contributed by atoms with Gasteiger partial charge < -0.3 is 10.4 Å². The molecule has 0 aliphatic carbocycles. The van der Waals surface area contributed by atoms with Crippen LogP contribution in [0.1, 0.15) is 25.5 Å². The zero-order valence-electron chi connectivity index (χ0n) is 10.7. The average molecular weight is 266 g/mol. The first kappa shape index (κ1) is 13.5. The van der Waals surface area contributed by atoms with Gasteiger partial charge in [0.05, 0.1) is 12.6 Å². The quantitative estimate of drug-likeness (QED) is 0.807. The lowest BCUT2D eigenvalue weighted by Gasteiger charge is -2.19. The summed E-state index contributed by atoms with van der Waals surface area (Å²) in [6, 6.07) is 5.14. The van der Waals surface area contributed by atoms with Crippen LogP contribution in [0.5, 0.6) is 0 Å². The van der Waals surface area contributed by atoms with E-state index in [1.54, 1.807) is 19.9 Å². The minimum Gasteiger partial charge on any atom is -0.386 e. The number of hydrogen-bond donors (Lipinski definition) is 2. The molecule has 0 saturated carbocycles. The molecule has 1 aromatic carbocycles. The summed E-state index contributed by atoms with van der Waals surface area (Å²) in [6.07, 6.45) is -1.25. The third-order valence-corrected chi connectivity index (χ3v) is 3.06. The Morgan fingerprint density at radius 1 is 1.37 bits per heavy atom. The van der Waals surface area contributed by atoms with Crippen molar-refractivity contribution in [2.45, 2.75) is 25.5 Å². The molecule has 1 fully saturated rings. The number of nitrogens with zero attached hydrogens (tertiary/aromatic N) is 1. The smallest absolute Gasteiger partial charge is 0.325 e. The van der Waals surface area contributed by atoms with Crippen molar-refractivity contribution in [2.24, 2.45) is 0 Å². The molecule has 6 heteroatoms. The Bertz CT molecular complexity index is 530. The van der Waals surface area contributed by atoms with Crippen molar-refractivity contribution in [1.29, 1.82) is 0 Å². The predicted molar refractivity (Wildman–Crippen MR) is 65.7 cm³/mol. The number of nitrogens with one attached hydrogen (secondary N) is 1. The van der Waals surface area contributed by atoms with Crippen molar-refractivity contribution in [3.63, 3.8) is 0 Å². The van der Waals surface area contributed by atoms with Crippen LogP contribution in [-0.4, -0.2) is 34.0 Å². The maximum Gasteiger partial charge on any atom is 0.325 e. The van der Waals surface area contributed by atoms with Gasteiger partial charge in [-0.2, -0.15) is 0 Å². The van der Waals surface area contributed by atoms with E-state index in [0.717, 1.165) is 4.90 Å². The Kier molecular flexibility index (Phi) is 3.28. The maximum atomic E-state index is 13.5. The number of amides is 3. The van der Waals surface area contributed by atoms with Gasteiger partial charge in [0.25, 0.3) is 5.91 Å². The van der Waals surface area contributed by atoms with Crippen molar-refractivity contribution in [3.8, 4) is 0 Å². The van der Waals surface area contributed by atoms with E-state index in [1.807, 2.05) is 0 Å². The Balaban J connectivity index is 2.16. The highest BCUT2D eigenvalue weighted by molar-refractivity contribution is 6.06. The van der Waals surface area contributed by atoms with E-state index in [1.165, 1.54) is 18.2 Å². The summed E-state index contributed by atoms with van der Waals surface area (Å²) in [5.41, 5.74) is -0.931. The molecular weight excluding hydrogens is 251 g/mol. The highest BCUT2D eigenvalue weighted by Gasteiger charge is 2.44. The molecule has 102 valence electrons. The van der Waals surface area contributed by atoms with Gasteiger partial charge in [0.1, 0.15) is 11.4 Å². The molecule has 0 unspecified atom stereocenters. The van der Waals surface area contributed by atoms with Crippen molar-refractivity contribution in [1.82, 2.24) is 10.2 Å². The molecule has 1 atom stereocenters. The van der Waals surface area contributed by atoms with E-state index in [0.29, 0.717) is 0 Å². The summed E-state index contributed by atoms with van der Waals surface area (Å²) in [7, 11) is 0. The SMILES string of the molecule is CC1(C)NC(=O)N(C[C@H](O)c2ccccc2F)C1=O. The molecule has 2 rings (SSSR count). The minimum absolute atomic E-state index is 0.0628. The van der Waals surface area contributed by atoms with Gasteiger partial charge in [-0.15, -0.1) is 0 Å². The number of carbonyl (C=O) groups excluding carboxylic acids is 2. The second-order valence-corrected chi connectivity index (χ2v) is 5.01. The van der Waals surface area contributed by atoms with Crippen LogP contribution in [0.2, 0.25) is 0 Å². The number of imide groups is 1. The standard InChI is InChI=1S/C13H15FN2O3/c1-13(2)11(18)16(12(19)15-13)7-10(17)8-5-3-4-6-9(8)14/h3-6,10,17H,7H2,1-2H3,(H,15,19)/t10-/m0/s1. The van der Waals surface area contributed by atoms with E-state index in [2.05, 4.69) is 5.32 Å². The second-order valence-electron chi connectivity index (χ2n) is 5.01. The predicted octanol–water partition coefficient (Wildman–Crippen LogP) is 1.19. The van der Waals surface area contributed by atoms with Crippen molar-refractivity contribution >= 4 is 11.9 Å². The van der Waals surface area contributed by atoms with Crippen LogP contribution in [0, 0.1) is 5.82 Å². The minimum atomic E-state index is -1.25. The fourth-order valence-electron chi connectivity index (χ4n) is 2.00. The number of aliphatic hydroxyl groups excluding tert-OH is 1. The fraction of sp³-hybridized carbons (Fsp3) is 0.385. The van der Waals surface area contributed by atoms with Gasteiger partial charge in [0.15, 0.2) is 0 Å². The normalized spacial score (nSPS) is 19.5. The monoisotopic (exact) mass is 266 g/mol. The third kappa shape index (κ3) is 2.44. The molecule has 2 N–H and O–H groups in total. The largest absolute Gasteiger partial charge is 0.386 e. The zero-order valence-corrected chi connectivity index (χ0v) is 10.7. The van der Waals surface area contributed by atoms with Crippen LogP contribution >= 0.6 is 0 Å². The van der Waals surface area contributed by atoms with E-state index < -0.39 is 29.4 Å². The summed E-state index contributed by atoms with van der Waals surface area (Å²) >= 11 is 0. The molecule has 0 spiro atoms. The number of rotatable bonds is 3. The number of aliphatic hydroxyl groups is 1. The number of halogens is 1.